The Balaban J connectivity index is 1.40. The van der Waals surface area contributed by atoms with Crippen molar-refractivity contribution in [1.29, 1.82) is 0 Å². The van der Waals surface area contributed by atoms with E-state index in [2.05, 4.69) is 117 Å². The van der Waals surface area contributed by atoms with Crippen molar-refractivity contribution in [3.63, 3.8) is 0 Å². The molecule has 0 aliphatic heterocycles. The van der Waals surface area contributed by atoms with Gasteiger partial charge in [-0.2, -0.15) is 8.90 Å². The highest BCUT2D eigenvalue weighted by Gasteiger charge is 2.11. The number of nitrogens with zero attached hydrogens (tertiary/aromatic N) is 2. The van der Waals surface area contributed by atoms with Crippen molar-refractivity contribution in [2.75, 3.05) is 5.75 Å². The summed E-state index contributed by atoms with van der Waals surface area (Å²) in [6, 6.07) is 25.9. The third kappa shape index (κ3) is 4.58. The highest BCUT2D eigenvalue weighted by Crippen LogP contribution is 2.29. The highest BCUT2D eigenvalue weighted by atomic mass is 32.2. The van der Waals surface area contributed by atoms with Crippen LogP contribution in [0.1, 0.15) is 24.0 Å². The van der Waals surface area contributed by atoms with E-state index >= 15 is 0 Å². The molecule has 0 spiro atoms. The van der Waals surface area contributed by atoms with Crippen LogP contribution in [0.25, 0.3) is 44.9 Å². The second-order valence-electron chi connectivity index (χ2n) is 8.33. The number of aryl methyl sites for hydroxylation is 2. The molecule has 3 aromatic carbocycles. The van der Waals surface area contributed by atoms with Gasteiger partial charge >= 0.3 is 0 Å². The highest BCUT2D eigenvalue weighted by molar-refractivity contribution is 7.94. The first-order valence-corrected chi connectivity index (χ1v) is 12.3. The van der Waals surface area contributed by atoms with Crippen molar-refractivity contribution >= 4 is 56.9 Å². The van der Waals surface area contributed by atoms with Gasteiger partial charge in [0.05, 0.1) is 5.39 Å². The average molecular weight is 471 g/mol. The van der Waals surface area contributed by atoms with Crippen LogP contribution in [-0.4, -0.2) is 10.3 Å². The summed E-state index contributed by atoms with van der Waals surface area (Å²) in [7, 11) is 2.12. The number of hydrogen-bond donors (Lipinski definition) is 0. The number of fused-ring (bicyclic) bond motifs is 4. The largest absolute Gasteiger partial charge is 0.691 e. The summed E-state index contributed by atoms with van der Waals surface area (Å²) in [5.74, 6) is 0.725. The summed E-state index contributed by atoms with van der Waals surface area (Å²) in [5.41, 5.74) is 6.09. The van der Waals surface area contributed by atoms with Gasteiger partial charge in [-0.3, -0.25) is 5.04 Å². The molecule has 5 rings (SSSR count). The number of aromatic nitrogens is 2. The lowest BCUT2D eigenvalue weighted by Crippen LogP contribution is -2.34. The fraction of sp³-hybridized carbons (Fsp3) is 0.179. The number of hydrogen-bond acceptors (Lipinski definition) is 4. The van der Waals surface area contributed by atoms with Crippen LogP contribution in [0.15, 0.2) is 79.0 Å². The molecule has 0 radical (unpaired) electrons. The van der Waals surface area contributed by atoms with Crippen LogP contribution in [0.4, 0.5) is 0 Å². The maximum Gasteiger partial charge on any atom is 0.213 e. The summed E-state index contributed by atoms with van der Waals surface area (Å²) in [6.07, 6.45) is 8.48. The molecule has 172 valence electrons. The molecular weight excluding hydrogens is 444 g/mol. The lowest BCUT2D eigenvalue weighted by Gasteiger charge is -2.05. The Labute approximate surface area is 202 Å². The standard InChI is InChI=1S/C28H26N2O3S/c1-29-26-10-4-3-9-24(26)25-20-21(13-15-27(25)29)12-14-22-16-18-30(17-6-7-19-34-33-32-31)28-11-5-2-8-23(22)28/h2-5,8-16,18,20H,6-7,17,19H2,1H3. The van der Waals surface area contributed by atoms with E-state index in [0.717, 1.165) is 37.2 Å². The van der Waals surface area contributed by atoms with Gasteiger partial charge in [-0.25, -0.2) is 0 Å². The van der Waals surface area contributed by atoms with Gasteiger partial charge in [0.2, 0.25) is 5.52 Å². The zero-order valence-electron chi connectivity index (χ0n) is 19.0. The molecule has 34 heavy (non-hydrogen) atoms. The van der Waals surface area contributed by atoms with Crippen LogP contribution in [0, 0.1) is 0 Å². The Morgan fingerprint density at radius 2 is 1.68 bits per heavy atom. The summed E-state index contributed by atoms with van der Waals surface area (Å²) in [4.78, 5) is 0. The molecule has 5 nitrogen and oxygen atoms in total. The summed E-state index contributed by atoms with van der Waals surface area (Å²) < 4.78 is 8.86. The second kappa shape index (κ2) is 10.4. The first-order valence-electron chi connectivity index (χ1n) is 11.4. The SMILES string of the molecule is Cn1c2ccccc2c2cc(C=Cc3cc[n+](CCCCSOO[O-])c4ccccc34)ccc21. The van der Waals surface area contributed by atoms with Crippen LogP contribution in [0.5, 0.6) is 0 Å². The lowest BCUT2D eigenvalue weighted by atomic mass is 10.1. The quantitative estimate of drug-likeness (QED) is 0.0926. The molecule has 6 heteroatoms. The van der Waals surface area contributed by atoms with E-state index in [1.54, 1.807) is 0 Å². The number of pyridine rings is 1. The second-order valence-corrected chi connectivity index (χ2v) is 9.11. The molecular formula is C28H26N2O3S. The fourth-order valence-corrected chi connectivity index (χ4v) is 5.05. The molecule has 0 aliphatic carbocycles. The predicted octanol–water partition coefficient (Wildman–Crippen LogP) is 5.59. The molecule has 5 aromatic rings. The third-order valence-corrected chi connectivity index (χ3v) is 6.91. The smallest absolute Gasteiger partial charge is 0.213 e. The van der Waals surface area contributed by atoms with E-state index in [9.17, 15) is 5.26 Å². The van der Waals surface area contributed by atoms with Gasteiger partial charge in [0.25, 0.3) is 0 Å². The molecule has 0 bridgehead atoms. The Bertz CT molecular complexity index is 1480. The molecule has 0 saturated heterocycles. The summed E-state index contributed by atoms with van der Waals surface area (Å²) in [5, 5.41) is 17.0. The number of benzene rings is 3. The van der Waals surface area contributed by atoms with Crippen molar-refractivity contribution in [3.05, 3.63) is 90.1 Å². The maximum atomic E-state index is 9.86. The van der Waals surface area contributed by atoms with Crippen LogP contribution in [-0.2, 0) is 23.0 Å². The zero-order chi connectivity index (χ0) is 23.3. The first-order chi connectivity index (χ1) is 16.8. The Morgan fingerprint density at radius 1 is 0.882 bits per heavy atom. The molecule has 0 unspecified atom stereocenters. The number of para-hydroxylation sites is 2. The van der Waals surface area contributed by atoms with Crippen LogP contribution < -0.4 is 9.82 Å². The fourth-order valence-electron chi connectivity index (χ4n) is 4.62. The molecule has 0 amide bonds. The van der Waals surface area contributed by atoms with Crippen molar-refractivity contribution < 1.29 is 19.2 Å². The molecule has 0 N–H and O–H groups in total. The van der Waals surface area contributed by atoms with Gasteiger partial charge in [-0.1, -0.05) is 48.6 Å². The molecule has 0 aliphatic rings. The van der Waals surface area contributed by atoms with Gasteiger partial charge in [0.1, 0.15) is 6.54 Å². The molecule has 0 fully saturated rings. The molecule has 0 saturated carbocycles. The third-order valence-electron chi connectivity index (χ3n) is 6.30. The summed E-state index contributed by atoms with van der Waals surface area (Å²) >= 11 is 1.05. The zero-order valence-corrected chi connectivity index (χ0v) is 19.8. The van der Waals surface area contributed by atoms with E-state index in [0.29, 0.717) is 0 Å². The van der Waals surface area contributed by atoms with Crippen molar-refractivity contribution in [2.24, 2.45) is 7.05 Å². The minimum Gasteiger partial charge on any atom is -0.691 e. The predicted molar refractivity (Wildman–Crippen MR) is 137 cm³/mol. The van der Waals surface area contributed by atoms with E-state index in [1.165, 1.54) is 43.8 Å². The minimum absolute atomic E-state index is 0.725. The number of rotatable bonds is 9. The Kier molecular flexibility index (Phi) is 6.92. The Morgan fingerprint density at radius 3 is 2.56 bits per heavy atom. The molecule has 2 heterocycles. The number of unbranched alkanes of at least 4 members (excludes halogenated alkanes) is 1. The Hall–Kier alpha value is -3.16. The topological polar surface area (TPSA) is 50.3 Å². The maximum absolute atomic E-state index is 9.86. The van der Waals surface area contributed by atoms with Gasteiger partial charge in [0, 0.05) is 65.2 Å². The molecule has 0 atom stereocenters. The first kappa shape index (κ1) is 22.6. The molecule has 2 aromatic heterocycles. The van der Waals surface area contributed by atoms with Gasteiger partial charge in [-0.05, 0) is 41.8 Å². The van der Waals surface area contributed by atoms with E-state index in [1.807, 2.05) is 0 Å². The van der Waals surface area contributed by atoms with Crippen LogP contribution in [0.3, 0.4) is 0 Å². The van der Waals surface area contributed by atoms with Crippen molar-refractivity contribution in [2.45, 2.75) is 19.4 Å². The van der Waals surface area contributed by atoms with E-state index < -0.39 is 0 Å². The van der Waals surface area contributed by atoms with Gasteiger partial charge in [-0.15, -0.1) is 0 Å². The minimum atomic E-state index is 0.725. The van der Waals surface area contributed by atoms with Crippen molar-refractivity contribution in [3.8, 4) is 0 Å². The van der Waals surface area contributed by atoms with Crippen molar-refractivity contribution in [1.82, 2.24) is 4.57 Å². The van der Waals surface area contributed by atoms with Crippen LogP contribution in [0.2, 0.25) is 0 Å². The van der Waals surface area contributed by atoms with E-state index in [4.69, 9.17) is 0 Å². The van der Waals surface area contributed by atoms with Gasteiger partial charge < -0.3 is 9.82 Å². The normalized spacial score (nSPS) is 11.9. The summed E-state index contributed by atoms with van der Waals surface area (Å²) in [6.45, 7) is 0.904. The lowest BCUT2D eigenvalue weighted by molar-refractivity contribution is -0.777. The average Bonchev–Trinajstić information content (AvgIpc) is 3.17. The van der Waals surface area contributed by atoms with Gasteiger partial charge in [0.15, 0.2) is 6.20 Å². The monoisotopic (exact) mass is 470 g/mol. The van der Waals surface area contributed by atoms with E-state index in [-0.39, 0.29) is 0 Å². The van der Waals surface area contributed by atoms with Crippen LogP contribution >= 0.6 is 12.0 Å².